The Morgan fingerprint density at radius 3 is 2.54 bits per heavy atom. The summed E-state index contributed by atoms with van der Waals surface area (Å²) in [7, 11) is 0. The van der Waals surface area contributed by atoms with E-state index in [0.717, 1.165) is 18.7 Å². The fourth-order valence-electron chi connectivity index (χ4n) is 3.27. The monoisotopic (exact) mass is 425 g/mol. The predicted molar refractivity (Wildman–Crippen MR) is 107 cm³/mol. The van der Waals surface area contributed by atoms with Crippen molar-refractivity contribution in [1.29, 1.82) is 0 Å². The van der Waals surface area contributed by atoms with Crippen LogP contribution in [0.25, 0.3) is 0 Å². The normalized spacial score (nSPS) is 24.2. The van der Waals surface area contributed by atoms with Crippen LogP contribution in [-0.2, 0) is 9.53 Å². The lowest BCUT2D eigenvalue weighted by atomic mass is 10.0. The van der Waals surface area contributed by atoms with E-state index in [-0.39, 0.29) is 42.8 Å². The van der Waals surface area contributed by atoms with Gasteiger partial charge in [0.15, 0.2) is 0 Å². The quantitative estimate of drug-likeness (QED) is 0.664. The summed E-state index contributed by atoms with van der Waals surface area (Å²) in [6.07, 6.45) is 0.0293. The minimum Gasteiger partial charge on any atom is -0.392 e. The summed E-state index contributed by atoms with van der Waals surface area (Å²) in [5, 5.41) is 16.3. The highest BCUT2D eigenvalue weighted by Crippen LogP contribution is 2.23. The number of aliphatic hydroxyl groups excluding tert-OH is 1. The Kier molecular flexibility index (Phi) is 10.2. The number of nitrogens with one attached hydrogen (secondary N) is 2. The first-order valence-corrected chi connectivity index (χ1v) is 8.77. The van der Waals surface area contributed by atoms with Gasteiger partial charge in [-0.2, -0.15) is 0 Å². The van der Waals surface area contributed by atoms with Crippen LogP contribution >= 0.6 is 36.4 Å². The molecule has 148 valence electrons. The largest absolute Gasteiger partial charge is 0.392 e. The van der Waals surface area contributed by atoms with Crippen molar-refractivity contribution in [3.8, 4) is 0 Å². The smallest absolute Gasteiger partial charge is 0.237 e. The molecule has 0 spiro atoms. The third-order valence-electron chi connectivity index (χ3n) is 4.64. The van der Waals surface area contributed by atoms with Gasteiger partial charge >= 0.3 is 0 Å². The van der Waals surface area contributed by atoms with Gasteiger partial charge in [-0.25, -0.2) is 0 Å². The van der Waals surface area contributed by atoms with E-state index >= 15 is 0 Å². The maximum absolute atomic E-state index is 12.3. The van der Waals surface area contributed by atoms with E-state index in [1.165, 1.54) is 0 Å². The number of aliphatic hydroxyl groups is 1. The molecule has 9 heteroatoms. The highest BCUT2D eigenvalue weighted by molar-refractivity contribution is 6.30. The first-order valence-electron chi connectivity index (χ1n) is 8.40. The topological polar surface area (TPSA) is 73.8 Å². The first kappa shape index (κ1) is 23.4. The number of carbonyl (C=O) groups is 1. The lowest BCUT2D eigenvalue weighted by Gasteiger charge is -2.35. The molecule has 0 aromatic heterocycles. The molecule has 1 amide bonds. The van der Waals surface area contributed by atoms with Gasteiger partial charge in [0, 0.05) is 31.2 Å². The van der Waals surface area contributed by atoms with Crippen molar-refractivity contribution >= 4 is 42.3 Å². The Morgan fingerprint density at radius 1 is 1.31 bits per heavy atom. The molecular weight excluding hydrogens is 401 g/mol. The molecule has 0 aliphatic carbocycles. The van der Waals surface area contributed by atoms with Crippen LogP contribution in [-0.4, -0.2) is 67.5 Å². The summed E-state index contributed by atoms with van der Waals surface area (Å²) in [4.78, 5) is 14.6. The summed E-state index contributed by atoms with van der Waals surface area (Å²) < 4.78 is 5.44. The SMILES string of the molecule is Cl.Cl.O=C(NCC(c1ccc(Cl)cc1)N1CCOCC1)C1CC(O)CN1. The number of nitrogens with zero attached hydrogens (tertiary/aromatic N) is 1. The second-order valence-electron chi connectivity index (χ2n) is 6.31. The Labute approximate surface area is 171 Å². The molecule has 0 bridgehead atoms. The molecule has 3 atom stereocenters. The molecule has 26 heavy (non-hydrogen) atoms. The Bertz CT molecular complexity index is 556. The lowest BCUT2D eigenvalue weighted by Crippen LogP contribution is -2.47. The van der Waals surface area contributed by atoms with Crippen LogP contribution in [0.4, 0.5) is 0 Å². The molecule has 2 saturated heterocycles. The van der Waals surface area contributed by atoms with Crippen LogP contribution in [0.3, 0.4) is 0 Å². The fraction of sp³-hybridized carbons (Fsp3) is 0.588. The van der Waals surface area contributed by atoms with Crippen molar-refractivity contribution in [3.63, 3.8) is 0 Å². The number of β-amino-alcohol motifs (C(OH)–C–C–N with tert-alkyl or cyclic N) is 1. The number of hydrogen-bond acceptors (Lipinski definition) is 5. The van der Waals surface area contributed by atoms with Crippen LogP contribution < -0.4 is 10.6 Å². The second kappa shape index (κ2) is 11.3. The van der Waals surface area contributed by atoms with Gasteiger partial charge in [-0.3, -0.25) is 9.69 Å². The molecule has 2 fully saturated rings. The first-order chi connectivity index (χ1) is 11.6. The summed E-state index contributed by atoms with van der Waals surface area (Å²) in [5.41, 5.74) is 1.13. The van der Waals surface area contributed by atoms with Gasteiger partial charge in [0.05, 0.1) is 31.4 Å². The average Bonchev–Trinajstić information content (AvgIpc) is 3.04. The van der Waals surface area contributed by atoms with Crippen molar-refractivity contribution in [2.45, 2.75) is 24.6 Å². The number of morpholine rings is 1. The van der Waals surface area contributed by atoms with Gasteiger partial charge in [-0.15, -0.1) is 24.8 Å². The van der Waals surface area contributed by atoms with E-state index in [0.29, 0.717) is 37.7 Å². The highest BCUT2D eigenvalue weighted by atomic mass is 35.5. The van der Waals surface area contributed by atoms with E-state index in [1.54, 1.807) is 0 Å². The van der Waals surface area contributed by atoms with E-state index < -0.39 is 6.10 Å². The van der Waals surface area contributed by atoms with Crippen molar-refractivity contribution < 1.29 is 14.6 Å². The fourth-order valence-corrected chi connectivity index (χ4v) is 3.40. The van der Waals surface area contributed by atoms with Gasteiger partial charge in [-0.05, 0) is 24.1 Å². The van der Waals surface area contributed by atoms with Gasteiger partial charge in [0.2, 0.25) is 5.91 Å². The third kappa shape index (κ3) is 6.23. The molecule has 3 rings (SSSR count). The molecule has 2 aliphatic heterocycles. The number of ether oxygens (including phenoxy) is 1. The summed E-state index contributed by atoms with van der Waals surface area (Å²) >= 11 is 5.99. The Hall–Kier alpha value is -0.600. The third-order valence-corrected chi connectivity index (χ3v) is 4.89. The summed E-state index contributed by atoms with van der Waals surface area (Å²) in [5.74, 6) is -0.0567. The van der Waals surface area contributed by atoms with Gasteiger partial charge < -0.3 is 20.5 Å². The Balaban J connectivity index is 0.00000169. The van der Waals surface area contributed by atoms with Crippen LogP contribution in [0.1, 0.15) is 18.0 Å². The highest BCUT2D eigenvalue weighted by Gasteiger charge is 2.29. The molecular formula is C17H26Cl3N3O3. The molecule has 3 unspecified atom stereocenters. The number of amides is 1. The molecule has 1 aromatic rings. The van der Waals surface area contributed by atoms with E-state index in [9.17, 15) is 9.90 Å². The van der Waals surface area contributed by atoms with Crippen molar-refractivity contribution in [1.82, 2.24) is 15.5 Å². The van der Waals surface area contributed by atoms with Crippen LogP contribution in [0.2, 0.25) is 5.02 Å². The number of halogens is 3. The van der Waals surface area contributed by atoms with Crippen LogP contribution in [0.5, 0.6) is 0 Å². The Morgan fingerprint density at radius 2 is 1.96 bits per heavy atom. The minimum absolute atomic E-state index is 0. The number of rotatable bonds is 5. The van der Waals surface area contributed by atoms with E-state index in [4.69, 9.17) is 16.3 Å². The van der Waals surface area contributed by atoms with Crippen molar-refractivity contribution in [2.75, 3.05) is 39.4 Å². The standard InChI is InChI=1S/C17H24ClN3O3.2ClH/c18-13-3-1-12(2-4-13)16(21-5-7-24-8-6-21)11-20-17(23)15-9-14(22)10-19-15;;/h1-4,14-16,19,22H,5-11H2,(H,20,23);2*1H. The molecule has 1 aromatic carbocycles. The maximum atomic E-state index is 12.3. The number of hydrogen-bond donors (Lipinski definition) is 3. The zero-order valence-electron chi connectivity index (χ0n) is 14.4. The predicted octanol–water partition coefficient (Wildman–Crippen LogP) is 1.40. The summed E-state index contributed by atoms with van der Waals surface area (Å²) in [6.45, 7) is 4.08. The van der Waals surface area contributed by atoms with Gasteiger partial charge in [-0.1, -0.05) is 23.7 Å². The maximum Gasteiger partial charge on any atom is 0.237 e. The molecule has 0 saturated carbocycles. The molecule has 6 nitrogen and oxygen atoms in total. The van der Waals surface area contributed by atoms with Crippen molar-refractivity contribution in [2.24, 2.45) is 0 Å². The number of carbonyl (C=O) groups excluding carboxylic acids is 1. The van der Waals surface area contributed by atoms with E-state index in [2.05, 4.69) is 15.5 Å². The zero-order chi connectivity index (χ0) is 16.9. The van der Waals surface area contributed by atoms with Gasteiger partial charge in [0.25, 0.3) is 0 Å². The molecule has 2 heterocycles. The molecule has 3 N–H and O–H groups in total. The zero-order valence-corrected chi connectivity index (χ0v) is 16.8. The summed E-state index contributed by atoms with van der Waals surface area (Å²) in [6, 6.07) is 7.54. The molecule has 0 radical (unpaired) electrons. The number of benzene rings is 1. The van der Waals surface area contributed by atoms with E-state index in [1.807, 2.05) is 24.3 Å². The van der Waals surface area contributed by atoms with Crippen LogP contribution in [0, 0.1) is 0 Å². The van der Waals surface area contributed by atoms with Crippen molar-refractivity contribution in [3.05, 3.63) is 34.9 Å². The second-order valence-corrected chi connectivity index (χ2v) is 6.75. The minimum atomic E-state index is -0.438. The average molecular weight is 427 g/mol. The molecule has 2 aliphatic rings. The van der Waals surface area contributed by atoms with Crippen LogP contribution in [0.15, 0.2) is 24.3 Å². The lowest BCUT2D eigenvalue weighted by molar-refractivity contribution is -0.123. The van der Waals surface area contributed by atoms with Gasteiger partial charge in [0.1, 0.15) is 0 Å².